The molecule has 2 aliphatic rings. The van der Waals surface area contributed by atoms with Crippen LogP contribution in [0.1, 0.15) is 35.8 Å². The third-order valence-electron chi connectivity index (χ3n) is 6.41. The van der Waals surface area contributed by atoms with Gasteiger partial charge < -0.3 is 19.5 Å². The molecule has 1 amide bonds. The number of aliphatic hydroxyl groups is 1. The van der Waals surface area contributed by atoms with Gasteiger partial charge in [0.15, 0.2) is 0 Å². The van der Waals surface area contributed by atoms with Gasteiger partial charge in [-0.2, -0.15) is 0 Å². The fourth-order valence-corrected chi connectivity index (χ4v) is 4.69. The fourth-order valence-electron chi connectivity index (χ4n) is 4.40. The Morgan fingerprint density at radius 3 is 2.53 bits per heavy atom. The molecule has 2 aliphatic heterocycles. The Hall–Kier alpha value is -2.84. The van der Waals surface area contributed by atoms with E-state index in [0.29, 0.717) is 55.4 Å². The number of hydrogen-bond donors (Lipinski definition) is 1. The lowest BCUT2D eigenvalue weighted by Gasteiger charge is -2.29. The van der Waals surface area contributed by atoms with Crippen molar-refractivity contribution >= 4 is 17.5 Å². The summed E-state index contributed by atoms with van der Waals surface area (Å²) in [6.07, 6.45) is 6.16. The maximum absolute atomic E-state index is 12.9. The topological polar surface area (TPSA) is 84.8 Å². The summed E-state index contributed by atoms with van der Waals surface area (Å²) < 4.78 is 11.5. The summed E-state index contributed by atoms with van der Waals surface area (Å²) in [7, 11) is 0. The number of amides is 1. The molecule has 1 N–H and O–H groups in total. The first-order chi connectivity index (χ1) is 16.4. The van der Waals surface area contributed by atoms with Crippen LogP contribution in [0.5, 0.6) is 0 Å². The van der Waals surface area contributed by atoms with Crippen molar-refractivity contribution in [1.29, 1.82) is 0 Å². The molecule has 5 rings (SSSR count). The minimum Gasteiger partial charge on any atom is -0.393 e. The summed E-state index contributed by atoms with van der Waals surface area (Å²) in [6, 6.07) is 11.2. The summed E-state index contributed by atoms with van der Waals surface area (Å²) in [5.74, 6) is -0.916. The van der Waals surface area contributed by atoms with Gasteiger partial charge in [0.25, 0.3) is 5.91 Å². The molecule has 4 heterocycles. The highest BCUT2D eigenvalue weighted by Gasteiger charge is 2.34. The van der Waals surface area contributed by atoms with Gasteiger partial charge in [0, 0.05) is 59.0 Å². The number of aromatic nitrogens is 2. The third-order valence-corrected chi connectivity index (χ3v) is 6.73. The van der Waals surface area contributed by atoms with E-state index in [4.69, 9.17) is 21.1 Å². The number of benzene rings is 1. The molecule has 0 aliphatic carbocycles. The smallest absolute Gasteiger partial charge is 0.253 e. The Morgan fingerprint density at radius 2 is 1.79 bits per heavy atom. The maximum Gasteiger partial charge on any atom is 0.253 e. The highest BCUT2D eigenvalue weighted by molar-refractivity contribution is 6.33. The molecule has 0 atom stereocenters. The van der Waals surface area contributed by atoms with E-state index in [0.717, 1.165) is 22.3 Å². The second-order valence-electron chi connectivity index (χ2n) is 8.75. The van der Waals surface area contributed by atoms with Crippen LogP contribution in [0.2, 0.25) is 5.02 Å². The number of halogens is 1. The first-order valence-electron chi connectivity index (χ1n) is 11.4. The van der Waals surface area contributed by atoms with Crippen LogP contribution in [0, 0.1) is 0 Å². The lowest BCUT2D eigenvalue weighted by molar-refractivity contribution is -0.152. The average Bonchev–Trinajstić information content (AvgIpc) is 3.32. The monoisotopic (exact) mass is 479 g/mol. The van der Waals surface area contributed by atoms with Crippen LogP contribution in [0.4, 0.5) is 0 Å². The molecule has 0 bridgehead atoms. The van der Waals surface area contributed by atoms with Gasteiger partial charge in [0.2, 0.25) is 5.79 Å². The maximum atomic E-state index is 12.9. The number of piperidine rings is 1. The fraction of sp³-hybridized carbons (Fsp3) is 0.346. The molecular weight excluding hydrogens is 454 g/mol. The molecule has 8 heteroatoms. The van der Waals surface area contributed by atoms with E-state index in [1.165, 1.54) is 0 Å². The molecule has 2 saturated heterocycles. The van der Waals surface area contributed by atoms with Crippen LogP contribution in [-0.4, -0.2) is 58.3 Å². The van der Waals surface area contributed by atoms with Crippen molar-refractivity contribution in [3.05, 3.63) is 71.3 Å². The molecule has 1 aromatic carbocycles. The van der Waals surface area contributed by atoms with Crippen LogP contribution in [-0.2, 0) is 15.3 Å². The first-order valence-corrected chi connectivity index (χ1v) is 11.8. The van der Waals surface area contributed by atoms with Crippen molar-refractivity contribution in [2.45, 2.75) is 31.7 Å². The minimum atomic E-state index is -0.848. The third kappa shape index (κ3) is 4.57. The zero-order valence-electron chi connectivity index (χ0n) is 18.9. The largest absolute Gasteiger partial charge is 0.393 e. The summed E-state index contributed by atoms with van der Waals surface area (Å²) in [6.45, 7) is 4.05. The van der Waals surface area contributed by atoms with Crippen LogP contribution < -0.4 is 0 Å². The Morgan fingerprint density at radius 1 is 1.06 bits per heavy atom. The van der Waals surface area contributed by atoms with Crippen LogP contribution >= 0.6 is 11.6 Å². The Bertz CT molecular complexity index is 1200. The average molecular weight is 480 g/mol. The highest BCUT2D eigenvalue weighted by Crippen LogP contribution is 2.34. The summed E-state index contributed by atoms with van der Waals surface area (Å²) in [5.41, 5.74) is 4.74. The quantitative estimate of drug-likeness (QED) is 0.601. The lowest BCUT2D eigenvalue weighted by Crippen LogP contribution is -2.40. The van der Waals surface area contributed by atoms with E-state index >= 15 is 0 Å². The molecule has 2 fully saturated rings. The van der Waals surface area contributed by atoms with Gasteiger partial charge in [-0.05, 0) is 55.7 Å². The number of ether oxygens (including phenoxy) is 2. The number of carbonyl (C=O) groups is 1. The van der Waals surface area contributed by atoms with Crippen molar-refractivity contribution in [3.63, 3.8) is 0 Å². The minimum absolute atomic E-state index is 0.0682. The van der Waals surface area contributed by atoms with Gasteiger partial charge in [-0.1, -0.05) is 17.7 Å². The van der Waals surface area contributed by atoms with Gasteiger partial charge in [0.1, 0.15) is 0 Å². The van der Waals surface area contributed by atoms with E-state index in [-0.39, 0.29) is 12.0 Å². The molecule has 2 aromatic heterocycles. The Labute approximate surface area is 203 Å². The molecule has 0 unspecified atom stereocenters. The predicted molar refractivity (Wildman–Crippen MR) is 128 cm³/mol. The standard InChI is InChI=1S/C26H26ClN3O4/c1-26(33-10-11-34-26)24-14-17(4-7-29-24)19-12-20(16-28-15-19)22-3-2-18(13-23(22)27)25(32)30-8-5-21(31)6-9-30/h2-4,7,12-16,21,31H,5-6,8-11H2,1H3. The molecule has 0 radical (unpaired) electrons. The molecule has 0 saturated carbocycles. The number of hydrogen-bond acceptors (Lipinski definition) is 6. The molecule has 34 heavy (non-hydrogen) atoms. The van der Waals surface area contributed by atoms with Crippen LogP contribution in [0.25, 0.3) is 22.3 Å². The molecule has 3 aromatic rings. The van der Waals surface area contributed by atoms with Gasteiger partial charge >= 0.3 is 0 Å². The predicted octanol–water partition coefficient (Wildman–Crippen LogP) is 4.28. The van der Waals surface area contributed by atoms with E-state index < -0.39 is 5.79 Å². The number of rotatable bonds is 4. The van der Waals surface area contributed by atoms with E-state index in [1.54, 1.807) is 35.6 Å². The van der Waals surface area contributed by atoms with E-state index in [9.17, 15) is 9.90 Å². The number of likely N-dealkylation sites (tertiary alicyclic amines) is 1. The molecule has 7 nitrogen and oxygen atoms in total. The van der Waals surface area contributed by atoms with Crippen molar-refractivity contribution in [1.82, 2.24) is 14.9 Å². The summed E-state index contributed by atoms with van der Waals surface area (Å²) >= 11 is 6.62. The Balaban J connectivity index is 1.40. The zero-order chi connectivity index (χ0) is 23.7. The van der Waals surface area contributed by atoms with Gasteiger partial charge in [0.05, 0.1) is 25.0 Å². The SMILES string of the molecule is CC1(c2cc(-c3cncc(-c4ccc(C(=O)N5CCC(O)CC5)cc4Cl)c3)ccn2)OCCO1. The van der Waals surface area contributed by atoms with Gasteiger partial charge in [-0.15, -0.1) is 0 Å². The van der Waals surface area contributed by atoms with Crippen LogP contribution in [0.3, 0.4) is 0 Å². The van der Waals surface area contributed by atoms with Crippen LogP contribution in [0.15, 0.2) is 55.0 Å². The number of aliphatic hydroxyl groups excluding tert-OH is 1. The second kappa shape index (κ2) is 9.43. The summed E-state index contributed by atoms with van der Waals surface area (Å²) in [4.78, 5) is 23.5. The van der Waals surface area contributed by atoms with Gasteiger partial charge in [-0.3, -0.25) is 14.8 Å². The van der Waals surface area contributed by atoms with Crippen molar-refractivity contribution in [2.24, 2.45) is 0 Å². The molecule has 0 spiro atoms. The second-order valence-corrected chi connectivity index (χ2v) is 9.16. The van der Waals surface area contributed by atoms with Crippen molar-refractivity contribution in [3.8, 4) is 22.3 Å². The van der Waals surface area contributed by atoms with E-state index in [1.807, 2.05) is 31.2 Å². The highest BCUT2D eigenvalue weighted by atomic mass is 35.5. The Kier molecular flexibility index (Phi) is 6.36. The molecule has 176 valence electrons. The van der Waals surface area contributed by atoms with E-state index in [2.05, 4.69) is 9.97 Å². The summed E-state index contributed by atoms with van der Waals surface area (Å²) in [5, 5.41) is 10.2. The van der Waals surface area contributed by atoms with Crippen molar-refractivity contribution < 1.29 is 19.4 Å². The van der Waals surface area contributed by atoms with Gasteiger partial charge in [-0.25, -0.2) is 0 Å². The number of pyridine rings is 2. The zero-order valence-corrected chi connectivity index (χ0v) is 19.7. The number of nitrogens with zero attached hydrogens (tertiary/aromatic N) is 3. The first kappa shape index (κ1) is 22.9. The number of carbonyl (C=O) groups excluding carboxylic acids is 1. The van der Waals surface area contributed by atoms with Crippen molar-refractivity contribution in [2.75, 3.05) is 26.3 Å². The normalized spacial score (nSPS) is 18.3. The lowest BCUT2D eigenvalue weighted by atomic mass is 10.00. The molecular formula is C26H26ClN3O4.